The Morgan fingerprint density at radius 1 is 0.867 bits per heavy atom. The third kappa shape index (κ3) is 10.1. The Morgan fingerprint density at radius 3 is 2.22 bits per heavy atom. The number of rotatable bonds is 14. The number of benzene rings is 3. The van der Waals surface area contributed by atoms with Crippen LogP contribution in [0.3, 0.4) is 0 Å². The number of alkyl carbamates (subject to hydrolysis) is 1. The second kappa shape index (κ2) is 16.4. The maximum atomic E-state index is 14.7. The van der Waals surface area contributed by atoms with Gasteiger partial charge in [-0.1, -0.05) is 101 Å². The van der Waals surface area contributed by atoms with E-state index in [1.807, 2.05) is 88.4 Å². The lowest BCUT2D eigenvalue weighted by molar-refractivity contribution is -0.142. The summed E-state index contributed by atoms with van der Waals surface area (Å²) in [6, 6.07) is 18.0. The van der Waals surface area contributed by atoms with E-state index in [1.165, 1.54) is 0 Å². The molecule has 3 amide bonds. The highest BCUT2D eigenvalue weighted by Gasteiger charge is 2.38. The Bertz CT molecular complexity index is 1440. The number of ether oxygens (including phenoxy) is 1. The van der Waals surface area contributed by atoms with E-state index in [2.05, 4.69) is 17.6 Å². The third-order valence-corrected chi connectivity index (χ3v) is 8.46. The molecule has 244 valence electrons. The van der Waals surface area contributed by atoms with E-state index in [9.17, 15) is 14.4 Å². The lowest BCUT2D eigenvalue weighted by Crippen LogP contribution is -2.55. The molecule has 0 saturated heterocycles. The van der Waals surface area contributed by atoms with Crippen LogP contribution in [0.4, 0.5) is 10.5 Å². The summed E-state index contributed by atoms with van der Waals surface area (Å²) in [5.74, 6) is -0.762. The third-order valence-electron chi connectivity index (χ3n) is 8.46. The number of carbonyl (C=O) groups excluding carboxylic acids is 3. The number of hydrogen-bond acceptors (Lipinski definition) is 4. The molecule has 7 heteroatoms. The molecule has 7 nitrogen and oxygen atoms in total. The van der Waals surface area contributed by atoms with Crippen LogP contribution in [0.2, 0.25) is 0 Å². The Morgan fingerprint density at radius 2 is 1.56 bits per heavy atom. The van der Waals surface area contributed by atoms with Gasteiger partial charge in [-0.25, -0.2) is 4.79 Å². The first-order chi connectivity index (χ1) is 21.4. The van der Waals surface area contributed by atoms with Crippen molar-refractivity contribution in [3.05, 3.63) is 77.4 Å². The van der Waals surface area contributed by atoms with E-state index in [4.69, 9.17) is 4.74 Å². The molecule has 3 aromatic carbocycles. The highest BCUT2D eigenvalue weighted by molar-refractivity contribution is 6.00. The van der Waals surface area contributed by atoms with Gasteiger partial charge < -0.3 is 20.3 Å². The number of carbonyl (C=O) groups is 3. The van der Waals surface area contributed by atoms with Gasteiger partial charge in [-0.05, 0) is 86.6 Å². The zero-order valence-electron chi connectivity index (χ0n) is 28.5. The van der Waals surface area contributed by atoms with Crippen LogP contribution in [-0.4, -0.2) is 41.0 Å². The van der Waals surface area contributed by atoms with Gasteiger partial charge in [0.1, 0.15) is 17.7 Å². The second-order valence-electron chi connectivity index (χ2n) is 13.2. The minimum absolute atomic E-state index is 0.185. The number of amides is 3. The van der Waals surface area contributed by atoms with Crippen molar-refractivity contribution in [1.82, 2.24) is 10.2 Å². The molecule has 0 aliphatic carbocycles. The van der Waals surface area contributed by atoms with Gasteiger partial charge in [0.05, 0.1) is 0 Å². The molecular formula is C38H53N3O4. The Balaban J connectivity index is 2.08. The van der Waals surface area contributed by atoms with E-state index in [0.717, 1.165) is 59.6 Å². The zero-order valence-corrected chi connectivity index (χ0v) is 28.5. The fraction of sp³-hybridized carbons (Fsp3) is 0.500. The van der Waals surface area contributed by atoms with Crippen LogP contribution in [-0.2, 0) is 14.3 Å². The number of aryl methyl sites for hydroxylation is 1. The normalized spacial score (nSPS) is 13.5. The molecule has 0 bridgehead atoms. The predicted molar refractivity (Wildman–Crippen MR) is 184 cm³/mol. The van der Waals surface area contributed by atoms with Gasteiger partial charge in [0.25, 0.3) is 5.91 Å². The van der Waals surface area contributed by atoms with E-state index < -0.39 is 23.8 Å². The summed E-state index contributed by atoms with van der Waals surface area (Å²) in [5.41, 5.74) is 2.72. The second-order valence-corrected chi connectivity index (χ2v) is 13.2. The van der Waals surface area contributed by atoms with Gasteiger partial charge >= 0.3 is 6.09 Å². The lowest BCUT2D eigenvalue weighted by atomic mass is 9.92. The summed E-state index contributed by atoms with van der Waals surface area (Å²) >= 11 is 0. The summed E-state index contributed by atoms with van der Waals surface area (Å²) in [6.45, 7) is 15.9. The smallest absolute Gasteiger partial charge is 0.408 e. The van der Waals surface area contributed by atoms with Crippen LogP contribution in [0.5, 0.6) is 0 Å². The van der Waals surface area contributed by atoms with Crippen molar-refractivity contribution in [3.8, 4) is 0 Å². The molecule has 3 aromatic rings. The minimum Gasteiger partial charge on any atom is -0.444 e. The molecule has 45 heavy (non-hydrogen) atoms. The Hall–Kier alpha value is -3.87. The number of nitrogens with one attached hydrogen (secondary N) is 2. The lowest BCUT2D eigenvalue weighted by Gasteiger charge is -2.37. The number of hydrogen-bond donors (Lipinski definition) is 2. The number of anilines is 1. The molecule has 0 aromatic heterocycles. The van der Waals surface area contributed by atoms with E-state index in [1.54, 1.807) is 25.7 Å². The molecule has 3 unspecified atom stereocenters. The molecule has 3 atom stereocenters. The molecular weight excluding hydrogens is 562 g/mol. The molecule has 0 saturated carbocycles. The van der Waals surface area contributed by atoms with Crippen molar-refractivity contribution in [2.75, 3.05) is 11.9 Å². The highest BCUT2D eigenvalue weighted by Crippen LogP contribution is 2.31. The fourth-order valence-electron chi connectivity index (χ4n) is 5.55. The van der Waals surface area contributed by atoms with Crippen LogP contribution < -0.4 is 10.6 Å². The number of nitrogens with zero attached hydrogens (tertiary/aromatic N) is 1. The van der Waals surface area contributed by atoms with Gasteiger partial charge in [-0.2, -0.15) is 0 Å². The van der Waals surface area contributed by atoms with Crippen LogP contribution >= 0.6 is 0 Å². The maximum absolute atomic E-state index is 14.7. The quantitative estimate of drug-likeness (QED) is 0.177. The van der Waals surface area contributed by atoms with Gasteiger partial charge in [0.15, 0.2) is 0 Å². The molecule has 0 fully saturated rings. The van der Waals surface area contributed by atoms with Crippen molar-refractivity contribution in [2.45, 2.75) is 112 Å². The standard InChI is InChI=1S/C38H53N3O4/c1-9-11-12-13-16-24-41(36(43)33(26(3)10-2)40-37(44)45-38(6,7)8)34(32-21-17-18-27(4)28(32)5)35(42)39-31-23-22-29-19-14-15-20-30(29)25-31/h14-15,17-23,25-26,33-34H,9-13,16,24H2,1-8H3,(H,39,42)(H,40,44). The van der Waals surface area contributed by atoms with Crippen LogP contribution in [0.25, 0.3) is 10.8 Å². The summed E-state index contributed by atoms with van der Waals surface area (Å²) in [6.07, 6.45) is 4.99. The largest absolute Gasteiger partial charge is 0.444 e. The molecule has 0 spiro atoms. The first-order valence-electron chi connectivity index (χ1n) is 16.5. The first kappa shape index (κ1) is 35.6. The average Bonchev–Trinajstić information content (AvgIpc) is 2.99. The monoisotopic (exact) mass is 615 g/mol. The predicted octanol–water partition coefficient (Wildman–Crippen LogP) is 8.87. The van der Waals surface area contributed by atoms with Crippen LogP contribution in [0, 0.1) is 19.8 Å². The Labute approximate surface area is 270 Å². The summed E-state index contributed by atoms with van der Waals surface area (Å²) < 4.78 is 5.56. The maximum Gasteiger partial charge on any atom is 0.408 e. The molecule has 0 aliphatic rings. The fourth-order valence-corrected chi connectivity index (χ4v) is 5.55. The van der Waals surface area contributed by atoms with Gasteiger partial charge in [-0.15, -0.1) is 0 Å². The molecule has 0 aliphatic heterocycles. The van der Waals surface area contributed by atoms with Crippen molar-refractivity contribution in [2.24, 2.45) is 5.92 Å². The van der Waals surface area contributed by atoms with E-state index in [-0.39, 0.29) is 17.7 Å². The van der Waals surface area contributed by atoms with Crippen LogP contribution in [0.1, 0.15) is 103 Å². The first-order valence-corrected chi connectivity index (χ1v) is 16.5. The Kier molecular flexibility index (Phi) is 13.0. The topological polar surface area (TPSA) is 87.7 Å². The van der Waals surface area contributed by atoms with E-state index >= 15 is 0 Å². The van der Waals surface area contributed by atoms with Crippen molar-refractivity contribution >= 4 is 34.4 Å². The zero-order chi connectivity index (χ0) is 33.1. The summed E-state index contributed by atoms with van der Waals surface area (Å²) in [5, 5.41) is 8.10. The SMILES string of the molecule is CCCCCCCN(C(=O)C(NC(=O)OC(C)(C)C)C(C)CC)C(C(=O)Nc1ccc2ccccc2c1)c1cccc(C)c1C. The highest BCUT2D eigenvalue weighted by atomic mass is 16.6. The molecule has 0 radical (unpaired) electrons. The minimum atomic E-state index is -0.901. The van der Waals surface area contributed by atoms with Crippen molar-refractivity contribution in [1.29, 1.82) is 0 Å². The summed E-state index contributed by atoms with van der Waals surface area (Å²) in [4.78, 5) is 43.8. The van der Waals surface area contributed by atoms with Crippen molar-refractivity contribution < 1.29 is 19.1 Å². The van der Waals surface area contributed by atoms with Gasteiger partial charge in [0.2, 0.25) is 5.91 Å². The average molecular weight is 616 g/mol. The number of unbranched alkanes of at least 4 members (excludes halogenated alkanes) is 4. The van der Waals surface area contributed by atoms with Gasteiger partial charge in [-0.3, -0.25) is 9.59 Å². The number of fused-ring (bicyclic) bond motifs is 1. The molecule has 0 heterocycles. The molecule has 2 N–H and O–H groups in total. The van der Waals surface area contributed by atoms with Gasteiger partial charge in [0, 0.05) is 12.2 Å². The van der Waals surface area contributed by atoms with Crippen LogP contribution in [0.15, 0.2) is 60.7 Å². The van der Waals surface area contributed by atoms with Crippen molar-refractivity contribution in [3.63, 3.8) is 0 Å². The van der Waals surface area contributed by atoms with E-state index in [0.29, 0.717) is 18.7 Å². The molecule has 3 rings (SSSR count). The summed E-state index contributed by atoms with van der Waals surface area (Å²) in [7, 11) is 0.